The van der Waals surface area contributed by atoms with Gasteiger partial charge < -0.3 is 29.7 Å². The molecule has 0 aliphatic carbocycles. The summed E-state index contributed by atoms with van der Waals surface area (Å²) in [4.78, 5) is 29.4. The number of ether oxygens (including phenoxy) is 2. The minimum absolute atomic E-state index is 0.130. The van der Waals surface area contributed by atoms with E-state index >= 15 is 0 Å². The third-order valence-electron chi connectivity index (χ3n) is 6.43. The van der Waals surface area contributed by atoms with Gasteiger partial charge in [0.2, 0.25) is 5.91 Å². The Hall–Kier alpha value is -1.87. The molecule has 0 radical (unpaired) electrons. The molecule has 2 N–H and O–H groups in total. The number of anilines is 1. The monoisotopic (exact) mass is 465 g/mol. The molecule has 3 aliphatic rings. The number of piperidine rings is 1. The van der Waals surface area contributed by atoms with Crippen LogP contribution < -0.4 is 5.32 Å². The van der Waals surface area contributed by atoms with Crippen molar-refractivity contribution in [2.75, 3.05) is 38.2 Å². The minimum Gasteiger partial charge on any atom is -0.389 e. The van der Waals surface area contributed by atoms with Crippen molar-refractivity contribution in [3.63, 3.8) is 0 Å². The molecule has 3 saturated heterocycles. The number of benzene rings is 1. The van der Waals surface area contributed by atoms with Gasteiger partial charge in [-0.3, -0.25) is 4.79 Å². The molecular formula is C23H32ClN3O5. The van der Waals surface area contributed by atoms with Crippen molar-refractivity contribution in [3.05, 3.63) is 29.3 Å². The van der Waals surface area contributed by atoms with E-state index in [1.54, 1.807) is 29.2 Å². The summed E-state index contributed by atoms with van der Waals surface area (Å²) in [5, 5.41) is 13.7. The van der Waals surface area contributed by atoms with E-state index < -0.39 is 6.10 Å². The normalized spacial score (nSPS) is 28.9. The number of nitrogens with one attached hydrogen (secondary N) is 1. The summed E-state index contributed by atoms with van der Waals surface area (Å²) in [6, 6.07) is 6.40. The van der Waals surface area contributed by atoms with Crippen molar-refractivity contribution >= 4 is 29.2 Å². The number of β-amino-alcohol motifs (C(OH)–C–C–N with tert-alkyl or cyclic N) is 1. The van der Waals surface area contributed by atoms with Gasteiger partial charge in [0, 0.05) is 23.8 Å². The number of amides is 3. The third kappa shape index (κ3) is 5.92. The Labute approximate surface area is 193 Å². The second-order valence-corrected chi connectivity index (χ2v) is 9.31. The van der Waals surface area contributed by atoms with Crippen LogP contribution in [0.15, 0.2) is 24.3 Å². The first-order valence-electron chi connectivity index (χ1n) is 11.5. The number of hydrogen-bond acceptors (Lipinski definition) is 5. The average molecular weight is 466 g/mol. The zero-order valence-corrected chi connectivity index (χ0v) is 19.0. The highest BCUT2D eigenvalue weighted by atomic mass is 35.5. The molecule has 3 heterocycles. The Balaban J connectivity index is 1.41. The zero-order valence-electron chi connectivity index (χ0n) is 18.2. The number of carbonyl (C=O) groups is 2. The predicted molar refractivity (Wildman–Crippen MR) is 121 cm³/mol. The molecular weight excluding hydrogens is 434 g/mol. The summed E-state index contributed by atoms with van der Waals surface area (Å²) in [6.45, 7) is 2.21. The molecule has 3 aliphatic heterocycles. The molecule has 0 saturated carbocycles. The molecule has 3 amide bonds. The first-order chi connectivity index (χ1) is 15.5. The molecule has 4 atom stereocenters. The van der Waals surface area contributed by atoms with Crippen LogP contribution in [0.5, 0.6) is 0 Å². The Morgan fingerprint density at radius 1 is 1.16 bits per heavy atom. The average Bonchev–Trinajstić information content (AvgIpc) is 2.77. The van der Waals surface area contributed by atoms with Gasteiger partial charge in [0.15, 0.2) is 0 Å². The predicted octanol–water partition coefficient (Wildman–Crippen LogP) is 2.88. The second kappa shape index (κ2) is 10.8. The lowest BCUT2D eigenvalue weighted by Gasteiger charge is -2.44. The molecule has 176 valence electrons. The van der Waals surface area contributed by atoms with Gasteiger partial charge in [-0.05, 0) is 50.3 Å². The van der Waals surface area contributed by atoms with Crippen molar-refractivity contribution in [3.8, 4) is 0 Å². The summed E-state index contributed by atoms with van der Waals surface area (Å²) >= 11 is 6.04. The number of aliphatic hydroxyl groups is 1. The number of hydrogen-bond donors (Lipinski definition) is 2. The maximum absolute atomic E-state index is 13.1. The van der Waals surface area contributed by atoms with Gasteiger partial charge in [0.1, 0.15) is 6.10 Å². The van der Waals surface area contributed by atoms with E-state index in [4.69, 9.17) is 21.1 Å². The van der Waals surface area contributed by atoms with Crippen molar-refractivity contribution in [1.29, 1.82) is 0 Å². The van der Waals surface area contributed by atoms with Crippen LogP contribution >= 0.6 is 11.6 Å². The van der Waals surface area contributed by atoms with E-state index in [2.05, 4.69) is 5.32 Å². The highest BCUT2D eigenvalue weighted by molar-refractivity contribution is 6.30. The SMILES string of the molecule is O=C(C[C@@H]1CC[C@@H]2[C@H](COC[C@H](O)CN2C(=O)Nc2cccc(Cl)c2)O1)N1CCCCC1. The van der Waals surface area contributed by atoms with Gasteiger partial charge in [0.25, 0.3) is 0 Å². The van der Waals surface area contributed by atoms with E-state index in [1.807, 2.05) is 4.90 Å². The molecule has 0 aromatic heterocycles. The van der Waals surface area contributed by atoms with Crippen molar-refractivity contribution in [2.45, 2.75) is 62.9 Å². The summed E-state index contributed by atoms with van der Waals surface area (Å²) in [7, 11) is 0. The molecule has 4 rings (SSSR count). The number of nitrogens with zero attached hydrogens (tertiary/aromatic N) is 2. The Morgan fingerprint density at radius 2 is 1.97 bits per heavy atom. The van der Waals surface area contributed by atoms with Gasteiger partial charge in [-0.15, -0.1) is 0 Å². The maximum Gasteiger partial charge on any atom is 0.322 e. The number of urea groups is 1. The third-order valence-corrected chi connectivity index (χ3v) is 6.66. The highest BCUT2D eigenvalue weighted by Gasteiger charge is 2.40. The van der Waals surface area contributed by atoms with Crippen LogP contribution in [0.3, 0.4) is 0 Å². The van der Waals surface area contributed by atoms with E-state index in [-0.39, 0.29) is 49.9 Å². The fraction of sp³-hybridized carbons (Fsp3) is 0.652. The maximum atomic E-state index is 13.1. The fourth-order valence-corrected chi connectivity index (χ4v) is 4.99. The van der Waals surface area contributed by atoms with E-state index in [1.165, 1.54) is 6.42 Å². The lowest BCUT2D eigenvalue weighted by molar-refractivity contribution is -0.154. The van der Waals surface area contributed by atoms with E-state index in [0.717, 1.165) is 25.9 Å². The topological polar surface area (TPSA) is 91.3 Å². The lowest BCUT2D eigenvalue weighted by atomic mass is 9.94. The van der Waals surface area contributed by atoms with Gasteiger partial charge in [-0.1, -0.05) is 17.7 Å². The quantitative estimate of drug-likeness (QED) is 0.716. The standard InChI is InChI=1S/C23H32ClN3O5/c24-16-5-4-6-17(11-16)25-23(30)27-13-18(28)14-31-15-21-20(27)8-7-19(32-21)12-22(29)26-9-2-1-3-10-26/h4-6,11,18-21,28H,1-3,7-10,12-15H2,(H,25,30)/t18-,19+,20-,21+/m1/s1. The smallest absolute Gasteiger partial charge is 0.322 e. The largest absolute Gasteiger partial charge is 0.389 e. The number of likely N-dealkylation sites (tertiary alicyclic amines) is 1. The summed E-state index contributed by atoms with van der Waals surface area (Å²) in [5.74, 6) is 0.144. The molecule has 32 heavy (non-hydrogen) atoms. The lowest BCUT2D eigenvalue weighted by Crippen LogP contribution is -2.58. The molecule has 9 heteroatoms. The minimum atomic E-state index is -0.778. The molecule has 8 nitrogen and oxygen atoms in total. The first kappa shape index (κ1) is 23.3. The Kier molecular flexibility index (Phi) is 7.88. The fourth-order valence-electron chi connectivity index (χ4n) is 4.80. The molecule has 0 unspecified atom stereocenters. The van der Waals surface area contributed by atoms with Crippen LogP contribution in [0.2, 0.25) is 5.02 Å². The summed E-state index contributed by atoms with van der Waals surface area (Å²) < 4.78 is 11.9. The number of carbonyl (C=O) groups excluding carboxylic acids is 2. The molecule has 3 fully saturated rings. The van der Waals surface area contributed by atoms with Crippen LogP contribution in [0, 0.1) is 0 Å². The van der Waals surface area contributed by atoms with E-state index in [9.17, 15) is 14.7 Å². The van der Waals surface area contributed by atoms with Crippen molar-refractivity contribution in [2.24, 2.45) is 0 Å². The van der Waals surface area contributed by atoms with Crippen LogP contribution in [-0.2, 0) is 14.3 Å². The van der Waals surface area contributed by atoms with Gasteiger partial charge in [-0.25, -0.2) is 4.79 Å². The Bertz CT molecular complexity index is 804. The number of halogens is 1. The summed E-state index contributed by atoms with van der Waals surface area (Å²) in [5.41, 5.74) is 0.591. The zero-order chi connectivity index (χ0) is 22.5. The second-order valence-electron chi connectivity index (χ2n) is 8.87. The number of aliphatic hydroxyl groups excluding tert-OH is 1. The molecule has 1 aromatic rings. The van der Waals surface area contributed by atoms with Gasteiger partial charge >= 0.3 is 6.03 Å². The van der Waals surface area contributed by atoms with Crippen LogP contribution in [0.4, 0.5) is 10.5 Å². The summed E-state index contributed by atoms with van der Waals surface area (Å²) in [6.07, 6.45) is 3.73. The number of fused-ring (bicyclic) bond motifs is 1. The Morgan fingerprint density at radius 3 is 2.75 bits per heavy atom. The van der Waals surface area contributed by atoms with Gasteiger partial charge in [-0.2, -0.15) is 0 Å². The van der Waals surface area contributed by atoms with E-state index in [0.29, 0.717) is 30.0 Å². The van der Waals surface area contributed by atoms with Crippen LogP contribution in [0.25, 0.3) is 0 Å². The van der Waals surface area contributed by atoms with Crippen LogP contribution in [0.1, 0.15) is 38.5 Å². The molecule has 0 bridgehead atoms. The first-order valence-corrected chi connectivity index (χ1v) is 11.9. The number of rotatable bonds is 3. The molecule has 1 aromatic carbocycles. The molecule has 0 spiro atoms. The van der Waals surface area contributed by atoms with Crippen molar-refractivity contribution in [1.82, 2.24) is 9.80 Å². The highest BCUT2D eigenvalue weighted by Crippen LogP contribution is 2.29. The van der Waals surface area contributed by atoms with Gasteiger partial charge in [0.05, 0.1) is 44.4 Å². The van der Waals surface area contributed by atoms with Crippen molar-refractivity contribution < 1.29 is 24.2 Å². The van der Waals surface area contributed by atoms with Crippen LogP contribution in [-0.4, -0.2) is 84.0 Å².